The van der Waals surface area contributed by atoms with Crippen LogP contribution in [-0.4, -0.2) is 44.5 Å². The Kier molecular flexibility index (Phi) is 7.67. The third-order valence-electron chi connectivity index (χ3n) is 5.26. The SMILES string of the molecule is COc1cccc(OC)c1C(=O)Nc1ccc(SC(C)C(=O)Nc2ccc3c(c2)OCCO3)cc1. The lowest BCUT2D eigenvalue weighted by Gasteiger charge is -2.19. The van der Waals surface area contributed by atoms with Crippen molar-refractivity contribution in [2.75, 3.05) is 38.1 Å². The molecule has 2 amide bonds. The number of methoxy groups -OCH3 is 2. The van der Waals surface area contributed by atoms with Crippen molar-refractivity contribution >= 4 is 35.0 Å². The molecule has 0 saturated heterocycles. The monoisotopic (exact) mass is 494 g/mol. The van der Waals surface area contributed by atoms with Crippen molar-refractivity contribution < 1.29 is 28.5 Å². The number of hydrogen-bond acceptors (Lipinski definition) is 7. The van der Waals surface area contributed by atoms with E-state index in [9.17, 15) is 9.59 Å². The van der Waals surface area contributed by atoms with Crippen molar-refractivity contribution in [2.24, 2.45) is 0 Å². The summed E-state index contributed by atoms with van der Waals surface area (Å²) in [5.41, 5.74) is 1.58. The van der Waals surface area contributed by atoms with Crippen LogP contribution in [0.5, 0.6) is 23.0 Å². The van der Waals surface area contributed by atoms with Gasteiger partial charge in [0.1, 0.15) is 30.3 Å². The molecular formula is C26H26N2O6S. The van der Waals surface area contributed by atoms with Crippen LogP contribution in [0.25, 0.3) is 0 Å². The summed E-state index contributed by atoms with van der Waals surface area (Å²) in [7, 11) is 3.01. The molecule has 182 valence electrons. The van der Waals surface area contributed by atoms with Crippen molar-refractivity contribution in [1.29, 1.82) is 0 Å². The molecule has 1 unspecified atom stereocenters. The van der Waals surface area contributed by atoms with Gasteiger partial charge < -0.3 is 29.6 Å². The molecule has 0 radical (unpaired) electrons. The van der Waals surface area contributed by atoms with Crippen molar-refractivity contribution in [3.8, 4) is 23.0 Å². The molecule has 0 spiro atoms. The molecule has 9 heteroatoms. The summed E-state index contributed by atoms with van der Waals surface area (Å²) in [4.78, 5) is 26.4. The van der Waals surface area contributed by atoms with Gasteiger partial charge in [0.2, 0.25) is 5.91 Å². The third-order valence-corrected chi connectivity index (χ3v) is 6.37. The van der Waals surface area contributed by atoms with E-state index in [0.29, 0.717) is 53.2 Å². The molecule has 0 fully saturated rings. The van der Waals surface area contributed by atoms with E-state index in [4.69, 9.17) is 18.9 Å². The summed E-state index contributed by atoms with van der Waals surface area (Å²) in [5, 5.41) is 5.43. The predicted molar refractivity (Wildman–Crippen MR) is 135 cm³/mol. The zero-order valence-electron chi connectivity index (χ0n) is 19.6. The maximum absolute atomic E-state index is 12.8. The van der Waals surface area contributed by atoms with E-state index in [0.717, 1.165) is 4.90 Å². The fourth-order valence-electron chi connectivity index (χ4n) is 3.51. The van der Waals surface area contributed by atoms with Crippen LogP contribution in [0.2, 0.25) is 0 Å². The molecule has 8 nitrogen and oxygen atoms in total. The lowest BCUT2D eigenvalue weighted by atomic mass is 10.1. The lowest BCUT2D eigenvalue weighted by Crippen LogP contribution is -2.22. The van der Waals surface area contributed by atoms with E-state index in [1.165, 1.54) is 26.0 Å². The fraction of sp³-hybridized carbons (Fsp3) is 0.231. The largest absolute Gasteiger partial charge is 0.496 e. The average molecular weight is 495 g/mol. The van der Waals surface area contributed by atoms with E-state index < -0.39 is 0 Å². The third kappa shape index (κ3) is 5.81. The number of nitrogens with one attached hydrogen (secondary N) is 2. The lowest BCUT2D eigenvalue weighted by molar-refractivity contribution is -0.115. The van der Waals surface area contributed by atoms with Crippen LogP contribution in [0.15, 0.2) is 65.6 Å². The van der Waals surface area contributed by atoms with Crippen molar-refractivity contribution in [3.05, 3.63) is 66.2 Å². The molecule has 1 aliphatic rings. The maximum atomic E-state index is 12.8. The van der Waals surface area contributed by atoms with E-state index in [2.05, 4.69) is 10.6 Å². The standard InChI is InChI=1S/C26H26N2O6S/c1-16(25(29)28-18-9-12-20-23(15-18)34-14-13-33-20)35-19-10-7-17(8-11-19)27-26(30)24-21(31-2)5-4-6-22(24)32-3/h4-12,15-16H,13-14H2,1-3H3,(H,27,30)(H,28,29). The van der Waals surface area contributed by atoms with Crippen LogP contribution in [0.1, 0.15) is 17.3 Å². The van der Waals surface area contributed by atoms with Gasteiger partial charge in [-0.1, -0.05) is 6.07 Å². The molecule has 1 atom stereocenters. The number of carbonyl (C=O) groups excluding carboxylic acids is 2. The van der Waals surface area contributed by atoms with Gasteiger partial charge in [-0.2, -0.15) is 0 Å². The van der Waals surface area contributed by atoms with Crippen LogP contribution >= 0.6 is 11.8 Å². The normalized spacial score (nSPS) is 12.9. The van der Waals surface area contributed by atoms with Gasteiger partial charge in [0.25, 0.3) is 5.91 Å². The van der Waals surface area contributed by atoms with E-state index >= 15 is 0 Å². The molecule has 1 heterocycles. The maximum Gasteiger partial charge on any atom is 0.263 e. The first kappa shape index (κ1) is 24.3. The Labute approximate surface area is 207 Å². The summed E-state index contributed by atoms with van der Waals surface area (Å²) in [6.45, 7) is 2.84. The Balaban J connectivity index is 1.36. The van der Waals surface area contributed by atoms with Crippen molar-refractivity contribution in [3.63, 3.8) is 0 Å². The fourth-order valence-corrected chi connectivity index (χ4v) is 4.38. The average Bonchev–Trinajstić information content (AvgIpc) is 2.89. The van der Waals surface area contributed by atoms with Gasteiger partial charge >= 0.3 is 0 Å². The van der Waals surface area contributed by atoms with Gasteiger partial charge in [-0.25, -0.2) is 0 Å². The highest BCUT2D eigenvalue weighted by atomic mass is 32.2. The molecule has 1 aliphatic heterocycles. The Morgan fingerprint density at radius 3 is 2.14 bits per heavy atom. The second-order valence-electron chi connectivity index (χ2n) is 7.62. The Morgan fingerprint density at radius 1 is 0.857 bits per heavy atom. The van der Waals surface area contributed by atoms with Gasteiger partial charge in [-0.15, -0.1) is 11.8 Å². The van der Waals surface area contributed by atoms with E-state index in [1.807, 2.05) is 19.1 Å². The number of amides is 2. The van der Waals surface area contributed by atoms with Gasteiger partial charge in [0, 0.05) is 22.3 Å². The minimum Gasteiger partial charge on any atom is -0.496 e. The Morgan fingerprint density at radius 2 is 1.49 bits per heavy atom. The first-order chi connectivity index (χ1) is 17.0. The highest BCUT2D eigenvalue weighted by Crippen LogP contribution is 2.33. The minimum absolute atomic E-state index is 0.132. The summed E-state index contributed by atoms with van der Waals surface area (Å²) in [5.74, 6) is 1.67. The van der Waals surface area contributed by atoms with Crippen LogP contribution < -0.4 is 29.6 Å². The minimum atomic E-state index is -0.346. The number of thioether (sulfide) groups is 1. The van der Waals surface area contributed by atoms with Gasteiger partial charge in [0.05, 0.1) is 19.5 Å². The number of ether oxygens (including phenoxy) is 4. The van der Waals surface area contributed by atoms with Gasteiger partial charge in [-0.3, -0.25) is 9.59 Å². The molecular weight excluding hydrogens is 468 g/mol. The number of anilines is 2. The molecule has 4 rings (SSSR count). The van der Waals surface area contributed by atoms with Crippen LogP contribution in [0.3, 0.4) is 0 Å². The highest BCUT2D eigenvalue weighted by Gasteiger charge is 2.19. The molecule has 2 N–H and O–H groups in total. The highest BCUT2D eigenvalue weighted by molar-refractivity contribution is 8.00. The topological polar surface area (TPSA) is 95.1 Å². The number of benzene rings is 3. The van der Waals surface area contributed by atoms with Gasteiger partial charge in [0.15, 0.2) is 11.5 Å². The van der Waals surface area contributed by atoms with Crippen LogP contribution in [-0.2, 0) is 4.79 Å². The molecule has 0 saturated carbocycles. The Bertz CT molecular complexity index is 1190. The van der Waals surface area contributed by atoms with Crippen molar-refractivity contribution in [2.45, 2.75) is 17.1 Å². The number of hydrogen-bond donors (Lipinski definition) is 2. The number of fused-ring (bicyclic) bond motifs is 1. The summed E-state index contributed by atoms with van der Waals surface area (Å²) in [6, 6.07) is 17.8. The smallest absolute Gasteiger partial charge is 0.263 e. The predicted octanol–water partition coefficient (Wildman–Crippen LogP) is 4.85. The van der Waals surface area contributed by atoms with E-state index in [1.54, 1.807) is 48.5 Å². The molecule has 0 aliphatic carbocycles. The molecule has 3 aromatic rings. The van der Waals surface area contributed by atoms with Crippen LogP contribution in [0, 0.1) is 0 Å². The Hall–Kier alpha value is -3.85. The zero-order chi connectivity index (χ0) is 24.8. The second kappa shape index (κ2) is 11.1. The molecule has 35 heavy (non-hydrogen) atoms. The van der Waals surface area contributed by atoms with Crippen LogP contribution in [0.4, 0.5) is 11.4 Å². The zero-order valence-corrected chi connectivity index (χ0v) is 20.4. The first-order valence-electron chi connectivity index (χ1n) is 11.0. The molecule has 0 bridgehead atoms. The van der Waals surface area contributed by atoms with Gasteiger partial charge in [-0.05, 0) is 55.5 Å². The second-order valence-corrected chi connectivity index (χ2v) is 9.04. The summed E-state index contributed by atoms with van der Waals surface area (Å²) < 4.78 is 21.7. The quantitative estimate of drug-likeness (QED) is 0.433. The van der Waals surface area contributed by atoms with Crippen molar-refractivity contribution in [1.82, 2.24) is 0 Å². The number of rotatable bonds is 8. The first-order valence-corrected chi connectivity index (χ1v) is 11.9. The summed E-state index contributed by atoms with van der Waals surface area (Å²) in [6.07, 6.45) is 0. The van der Waals surface area contributed by atoms with E-state index in [-0.39, 0.29) is 17.1 Å². The molecule has 3 aromatic carbocycles. The number of carbonyl (C=O) groups is 2. The molecule has 0 aromatic heterocycles. The summed E-state index contributed by atoms with van der Waals surface area (Å²) >= 11 is 1.42.